The highest BCUT2D eigenvalue weighted by Crippen LogP contribution is 2.40. The molecule has 3 aromatic rings. The van der Waals surface area contributed by atoms with Crippen molar-refractivity contribution < 1.29 is 5.11 Å². The molecule has 160 valence electrons. The van der Waals surface area contributed by atoms with Crippen LogP contribution in [-0.2, 0) is 7.05 Å². The standard InChI is InChI=1S/C21H29N7O2/c1-12(13-4-5-13)28-11-14(18-17(20(28)29)19(22)24-23-18)15-10-16(26(3)25-15)27-8-6-21(2,30)7-9-27/h10-13,30H,4-9H2,1-3H3,(H3,22,23,24). The second-order valence-electron chi connectivity index (χ2n) is 9.19. The lowest BCUT2D eigenvalue weighted by Crippen LogP contribution is -2.43. The number of fused-ring (bicyclic) bond motifs is 1. The summed E-state index contributed by atoms with van der Waals surface area (Å²) in [5.41, 5.74) is 7.57. The van der Waals surface area contributed by atoms with Crippen LogP contribution in [0.25, 0.3) is 22.2 Å². The molecule has 4 heterocycles. The largest absolute Gasteiger partial charge is 0.390 e. The minimum atomic E-state index is -0.605. The number of nitrogen functional groups attached to an aromatic ring is 1. The third kappa shape index (κ3) is 3.08. The number of rotatable bonds is 4. The molecule has 4 N–H and O–H groups in total. The molecule has 1 saturated heterocycles. The van der Waals surface area contributed by atoms with Crippen LogP contribution in [0.15, 0.2) is 17.1 Å². The van der Waals surface area contributed by atoms with Crippen LogP contribution in [0.2, 0.25) is 0 Å². The van der Waals surface area contributed by atoms with Gasteiger partial charge in [0.1, 0.15) is 11.2 Å². The molecule has 3 aromatic heterocycles. The molecule has 1 unspecified atom stereocenters. The van der Waals surface area contributed by atoms with E-state index >= 15 is 0 Å². The van der Waals surface area contributed by atoms with E-state index < -0.39 is 5.60 Å². The van der Waals surface area contributed by atoms with E-state index in [1.165, 1.54) is 0 Å². The lowest BCUT2D eigenvalue weighted by Gasteiger charge is -2.36. The van der Waals surface area contributed by atoms with Gasteiger partial charge in [-0.3, -0.25) is 14.6 Å². The molecule has 2 fully saturated rings. The van der Waals surface area contributed by atoms with Gasteiger partial charge >= 0.3 is 0 Å². The molecule has 1 aliphatic carbocycles. The molecule has 5 rings (SSSR count). The van der Waals surface area contributed by atoms with Crippen molar-refractivity contribution in [1.29, 1.82) is 0 Å². The summed E-state index contributed by atoms with van der Waals surface area (Å²) in [4.78, 5) is 15.4. The predicted molar refractivity (Wildman–Crippen MR) is 116 cm³/mol. The Morgan fingerprint density at radius 2 is 2.03 bits per heavy atom. The van der Waals surface area contributed by atoms with E-state index in [-0.39, 0.29) is 17.4 Å². The molecule has 0 spiro atoms. The summed E-state index contributed by atoms with van der Waals surface area (Å²) in [5.74, 6) is 1.75. The monoisotopic (exact) mass is 411 g/mol. The third-order valence-corrected chi connectivity index (χ3v) is 6.82. The molecule has 9 heteroatoms. The normalized spacial score (nSPS) is 20.1. The van der Waals surface area contributed by atoms with Crippen LogP contribution >= 0.6 is 0 Å². The van der Waals surface area contributed by atoms with Gasteiger partial charge in [0.15, 0.2) is 5.82 Å². The minimum Gasteiger partial charge on any atom is -0.390 e. The number of anilines is 2. The van der Waals surface area contributed by atoms with Crippen molar-refractivity contribution in [2.75, 3.05) is 23.7 Å². The summed E-state index contributed by atoms with van der Waals surface area (Å²) in [7, 11) is 1.92. The van der Waals surface area contributed by atoms with Crippen molar-refractivity contribution in [1.82, 2.24) is 24.5 Å². The van der Waals surface area contributed by atoms with Gasteiger partial charge in [-0.2, -0.15) is 10.2 Å². The Bertz CT molecular complexity index is 1160. The number of nitrogens with two attached hydrogens (primary N) is 1. The fourth-order valence-corrected chi connectivity index (χ4v) is 4.56. The maximum absolute atomic E-state index is 13.1. The Hall–Kier alpha value is -2.81. The topological polar surface area (TPSA) is 118 Å². The van der Waals surface area contributed by atoms with Gasteiger partial charge in [-0.15, -0.1) is 0 Å². The molecule has 0 radical (unpaired) electrons. The number of aliphatic hydroxyl groups is 1. The molecule has 0 amide bonds. The molecule has 30 heavy (non-hydrogen) atoms. The number of aryl methyl sites for hydroxylation is 1. The zero-order valence-corrected chi connectivity index (χ0v) is 17.7. The number of pyridine rings is 1. The van der Waals surface area contributed by atoms with E-state index in [9.17, 15) is 9.90 Å². The van der Waals surface area contributed by atoms with Crippen molar-refractivity contribution in [3.8, 4) is 11.3 Å². The second-order valence-corrected chi connectivity index (χ2v) is 9.19. The first kappa shape index (κ1) is 19.2. The summed E-state index contributed by atoms with van der Waals surface area (Å²) < 4.78 is 3.66. The van der Waals surface area contributed by atoms with E-state index in [2.05, 4.69) is 22.0 Å². The van der Waals surface area contributed by atoms with Crippen LogP contribution in [0.4, 0.5) is 11.6 Å². The average molecular weight is 412 g/mol. The second kappa shape index (κ2) is 6.60. The predicted octanol–water partition coefficient (Wildman–Crippen LogP) is 2.03. The fourth-order valence-electron chi connectivity index (χ4n) is 4.56. The van der Waals surface area contributed by atoms with E-state index in [4.69, 9.17) is 10.8 Å². The Morgan fingerprint density at radius 1 is 1.33 bits per heavy atom. The first-order valence-electron chi connectivity index (χ1n) is 10.7. The molecule has 1 aliphatic heterocycles. The number of piperidine rings is 1. The van der Waals surface area contributed by atoms with Gasteiger partial charge in [0.25, 0.3) is 5.56 Å². The highest BCUT2D eigenvalue weighted by molar-refractivity contribution is 5.97. The third-order valence-electron chi connectivity index (χ3n) is 6.82. The van der Waals surface area contributed by atoms with E-state index in [0.29, 0.717) is 16.8 Å². The lowest BCUT2D eigenvalue weighted by molar-refractivity contribution is 0.0349. The Kier molecular flexibility index (Phi) is 4.22. The molecule has 2 aliphatic rings. The van der Waals surface area contributed by atoms with Crippen LogP contribution < -0.4 is 16.2 Å². The van der Waals surface area contributed by atoms with Crippen molar-refractivity contribution in [3.63, 3.8) is 0 Å². The SMILES string of the molecule is CC(C1CC1)n1cc(-c2cc(N3CCC(C)(O)CC3)n(C)n2)c2[nH]nc(N)c2c1=O. The summed E-state index contributed by atoms with van der Waals surface area (Å²) in [6.07, 6.45) is 5.64. The highest BCUT2D eigenvalue weighted by Gasteiger charge is 2.32. The van der Waals surface area contributed by atoms with Crippen LogP contribution in [-0.4, -0.2) is 48.3 Å². The van der Waals surface area contributed by atoms with Crippen LogP contribution in [0.5, 0.6) is 0 Å². The van der Waals surface area contributed by atoms with E-state index in [1.807, 2.05) is 30.9 Å². The molecule has 9 nitrogen and oxygen atoms in total. The number of aromatic nitrogens is 5. The number of nitrogens with zero attached hydrogens (tertiary/aromatic N) is 5. The Morgan fingerprint density at radius 3 is 2.70 bits per heavy atom. The van der Waals surface area contributed by atoms with Crippen molar-refractivity contribution in [2.24, 2.45) is 13.0 Å². The van der Waals surface area contributed by atoms with Crippen molar-refractivity contribution in [2.45, 2.75) is 51.2 Å². The van der Waals surface area contributed by atoms with Gasteiger partial charge in [-0.1, -0.05) is 0 Å². The van der Waals surface area contributed by atoms with Gasteiger partial charge < -0.3 is 20.3 Å². The van der Waals surface area contributed by atoms with Crippen molar-refractivity contribution >= 4 is 22.5 Å². The van der Waals surface area contributed by atoms with Gasteiger partial charge in [0.2, 0.25) is 0 Å². The number of H-pyrrole nitrogens is 1. The molecular formula is C21H29N7O2. The summed E-state index contributed by atoms with van der Waals surface area (Å²) in [5, 5.41) is 22.5. The number of hydrogen-bond donors (Lipinski definition) is 3. The summed E-state index contributed by atoms with van der Waals surface area (Å²) >= 11 is 0. The zero-order valence-electron chi connectivity index (χ0n) is 17.7. The maximum atomic E-state index is 13.1. The van der Waals surface area contributed by atoms with Crippen LogP contribution in [0, 0.1) is 5.92 Å². The molecule has 0 bridgehead atoms. The zero-order chi connectivity index (χ0) is 21.2. The first-order valence-corrected chi connectivity index (χ1v) is 10.7. The van der Waals surface area contributed by atoms with Crippen molar-refractivity contribution in [3.05, 3.63) is 22.6 Å². The summed E-state index contributed by atoms with van der Waals surface area (Å²) in [6, 6.07) is 2.16. The maximum Gasteiger partial charge on any atom is 0.264 e. The van der Waals surface area contributed by atoms with Gasteiger partial charge in [-0.25, -0.2) is 0 Å². The Labute approximate surface area is 174 Å². The average Bonchev–Trinajstić information content (AvgIpc) is 3.38. The molecule has 0 aromatic carbocycles. The van der Waals surface area contributed by atoms with Crippen LogP contribution in [0.1, 0.15) is 45.6 Å². The van der Waals surface area contributed by atoms with Gasteiger partial charge in [0.05, 0.1) is 16.8 Å². The molecule has 1 atom stereocenters. The fraction of sp³-hybridized carbons (Fsp3) is 0.571. The number of aromatic amines is 1. The lowest BCUT2D eigenvalue weighted by atomic mass is 9.94. The summed E-state index contributed by atoms with van der Waals surface area (Å²) in [6.45, 7) is 5.53. The number of nitrogens with one attached hydrogen (secondary N) is 1. The highest BCUT2D eigenvalue weighted by atomic mass is 16.3. The Balaban J connectivity index is 1.60. The van der Waals surface area contributed by atoms with E-state index in [1.54, 1.807) is 4.57 Å². The van der Waals surface area contributed by atoms with Gasteiger partial charge in [-0.05, 0) is 45.4 Å². The smallest absolute Gasteiger partial charge is 0.264 e. The van der Waals surface area contributed by atoms with E-state index in [0.717, 1.165) is 55.8 Å². The molecular weight excluding hydrogens is 382 g/mol. The van der Waals surface area contributed by atoms with Gasteiger partial charge in [0, 0.05) is 44.0 Å². The van der Waals surface area contributed by atoms with Crippen LogP contribution in [0.3, 0.4) is 0 Å². The number of hydrogen-bond acceptors (Lipinski definition) is 6. The minimum absolute atomic E-state index is 0.103. The molecule has 1 saturated carbocycles. The first-order chi connectivity index (χ1) is 14.2. The quantitative estimate of drug-likeness (QED) is 0.605.